The van der Waals surface area contributed by atoms with Gasteiger partial charge in [-0.2, -0.15) is 0 Å². The maximum atomic E-state index is 13.7. The lowest BCUT2D eigenvalue weighted by atomic mass is 10.0. The summed E-state index contributed by atoms with van der Waals surface area (Å²) in [7, 11) is 0. The standard InChI is InChI=1S/C26H18N4O4/c1-2-15-11-18-22(31)20(25-29-28-14-30(25)16-7-4-3-5-8-16)13-33-24(18)19-12-17(21-9-6-10-27-21)26(32)34-23(15)19/h3-14,27H,2H2,1H3. The van der Waals surface area contributed by atoms with Gasteiger partial charge in [-0.3, -0.25) is 9.36 Å². The Kier molecular flexibility index (Phi) is 4.51. The van der Waals surface area contributed by atoms with Gasteiger partial charge in [0.25, 0.3) is 0 Å². The van der Waals surface area contributed by atoms with Gasteiger partial charge in [0.15, 0.2) is 5.82 Å². The SMILES string of the molecule is CCc1cc2c(=O)c(-c3nncn3-c3ccccc3)coc2c2cc(-c3ccc[nH]3)c(=O)oc12. The number of aromatic amines is 1. The lowest BCUT2D eigenvalue weighted by Gasteiger charge is -2.10. The number of hydrogen-bond acceptors (Lipinski definition) is 6. The molecule has 4 aromatic heterocycles. The van der Waals surface area contributed by atoms with Crippen molar-refractivity contribution in [2.24, 2.45) is 0 Å². The van der Waals surface area contributed by atoms with Gasteiger partial charge in [-0.15, -0.1) is 10.2 Å². The first kappa shape index (κ1) is 19.9. The Hall–Kier alpha value is -4.72. The number of rotatable bonds is 4. The monoisotopic (exact) mass is 450 g/mol. The van der Waals surface area contributed by atoms with Crippen molar-refractivity contribution in [1.29, 1.82) is 0 Å². The van der Waals surface area contributed by atoms with Crippen LogP contribution in [0.3, 0.4) is 0 Å². The van der Waals surface area contributed by atoms with Crippen LogP contribution in [0.4, 0.5) is 0 Å². The molecule has 2 aromatic carbocycles. The van der Waals surface area contributed by atoms with E-state index in [2.05, 4.69) is 15.2 Å². The minimum absolute atomic E-state index is 0.240. The molecule has 1 N–H and O–H groups in total. The number of H-pyrrole nitrogens is 1. The van der Waals surface area contributed by atoms with E-state index in [9.17, 15) is 9.59 Å². The van der Waals surface area contributed by atoms with Crippen LogP contribution in [-0.2, 0) is 6.42 Å². The summed E-state index contributed by atoms with van der Waals surface area (Å²) >= 11 is 0. The molecule has 0 saturated heterocycles. The highest BCUT2D eigenvalue weighted by Gasteiger charge is 2.20. The van der Waals surface area contributed by atoms with Crippen molar-refractivity contribution < 1.29 is 8.83 Å². The third-order valence-electron chi connectivity index (χ3n) is 5.92. The van der Waals surface area contributed by atoms with Crippen molar-refractivity contribution in [2.45, 2.75) is 13.3 Å². The minimum Gasteiger partial charge on any atom is -0.463 e. The van der Waals surface area contributed by atoms with Gasteiger partial charge in [0.2, 0.25) is 5.43 Å². The van der Waals surface area contributed by atoms with Gasteiger partial charge in [0.1, 0.15) is 29.3 Å². The van der Waals surface area contributed by atoms with Crippen LogP contribution in [0.25, 0.3) is 50.3 Å². The topological polar surface area (TPSA) is 107 Å². The highest BCUT2D eigenvalue weighted by atomic mass is 16.4. The van der Waals surface area contributed by atoms with Crippen LogP contribution in [-0.4, -0.2) is 19.7 Å². The number of para-hydroxylation sites is 1. The van der Waals surface area contributed by atoms with E-state index in [0.29, 0.717) is 45.4 Å². The van der Waals surface area contributed by atoms with E-state index < -0.39 is 5.63 Å². The molecular formula is C26H18N4O4. The fraction of sp³-hybridized carbons (Fsp3) is 0.0769. The van der Waals surface area contributed by atoms with Gasteiger partial charge >= 0.3 is 5.63 Å². The molecule has 0 aliphatic rings. The maximum Gasteiger partial charge on any atom is 0.345 e. The quantitative estimate of drug-likeness (QED) is 0.308. The maximum absolute atomic E-state index is 13.7. The van der Waals surface area contributed by atoms with Crippen LogP contribution in [0.5, 0.6) is 0 Å². The molecular weight excluding hydrogens is 432 g/mol. The Bertz CT molecular complexity index is 1780. The Balaban J connectivity index is 1.64. The number of benzene rings is 2. The van der Waals surface area contributed by atoms with Crippen LogP contribution in [0.1, 0.15) is 12.5 Å². The molecule has 6 rings (SSSR count). The molecule has 0 spiro atoms. The van der Waals surface area contributed by atoms with Crippen molar-refractivity contribution in [3.63, 3.8) is 0 Å². The van der Waals surface area contributed by atoms with Crippen molar-refractivity contribution >= 4 is 21.9 Å². The van der Waals surface area contributed by atoms with Crippen molar-refractivity contribution in [3.05, 3.63) is 99.6 Å². The number of nitrogens with zero attached hydrogens (tertiary/aromatic N) is 3. The molecule has 0 radical (unpaired) electrons. The summed E-state index contributed by atoms with van der Waals surface area (Å²) in [4.78, 5) is 29.4. The molecule has 0 saturated carbocycles. The van der Waals surface area contributed by atoms with E-state index in [1.165, 1.54) is 6.26 Å². The lowest BCUT2D eigenvalue weighted by Crippen LogP contribution is -2.10. The second-order valence-corrected chi connectivity index (χ2v) is 7.88. The molecule has 0 amide bonds. The van der Waals surface area contributed by atoms with E-state index in [1.807, 2.05) is 37.3 Å². The summed E-state index contributed by atoms with van der Waals surface area (Å²) in [5.74, 6) is 0.381. The molecule has 0 fully saturated rings. The first-order valence-electron chi connectivity index (χ1n) is 10.8. The van der Waals surface area contributed by atoms with Gasteiger partial charge in [-0.05, 0) is 48.4 Å². The first-order chi connectivity index (χ1) is 16.7. The van der Waals surface area contributed by atoms with Crippen molar-refractivity contribution in [2.75, 3.05) is 0 Å². The first-order valence-corrected chi connectivity index (χ1v) is 10.8. The second-order valence-electron chi connectivity index (χ2n) is 7.88. The fourth-order valence-corrected chi connectivity index (χ4v) is 4.24. The molecule has 8 heteroatoms. The Morgan fingerprint density at radius 2 is 1.82 bits per heavy atom. The molecule has 166 valence electrons. The molecule has 0 unspecified atom stereocenters. The fourth-order valence-electron chi connectivity index (χ4n) is 4.24. The number of hydrogen-bond donors (Lipinski definition) is 1. The smallest absolute Gasteiger partial charge is 0.345 e. The minimum atomic E-state index is -0.459. The van der Waals surface area contributed by atoms with Crippen LogP contribution >= 0.6 is 0 Å². The third kappa shape index (κ3) is 3.00. The van der Waals surface area contributed by atoms with Gasteiger partial charge < -0.3 is 13.8 Å². The van der Waals surface area contributed by atoms with E-state index in [1.54, 1.807) is 41.4 Å². The Labute approximate surface area is 192 Å². The van der Waals surface area contributed by atoms with Crippen LogP contribution in [0.15, 0.2) is 91.8 Å². The summed E-state index contributed by atoms with van der Waals surface area (Å²) < 4.78 is 13.5. The zero-order valence-corrected chi connectivity index (χ0v) is 18.1. The van der Waals surface area contributed by atoms with Gasteiger partial charge in [-0.25, -0.2) is 4.79 Å². The average molecular weight is 450 g/mol. The Morgan fingerprint density at radius 1 is 0.971 bits per heavy atom. The zero-order valence-electron chi connectivity index (χ0n) is 18.1. The molecule has 0 aliphatic heterocycles. The molecule has 0 atom stereocenters. The zero-order chi connectivity index (χ0) is 23.2. The summed E-state index contributed by atoms with van der Waals surface area (Å²) in [6, 6.07) is 16.6. The molecule has 4 heterocycles. The van der Waals surface area contributed by atoms with E-state index in [-0.39, 0.29) is 11.0 Å². The largest absolute Gasteiger partial charge is 0.463 e. The average Bonchev–Trinajstić information content (AvgIpc) is 3.57. The molecule has 0 aliphatic carbocycles. The normalized spacial score (nSPS) is 11.4. The van der Waals surface area contributed by atoms with Crippen molar-refractivity contribution in [1.82, 2.24) is 19.7 Å². The van der Waals surface area contributed by atoms with E-state index in [0.717, 1.165) is 11.3 Å². The molecule has 6 aromatic rings. The van der Waals surface area contributed by atoms with Crippen LogP contribution in [0.2, 0.25) is 0 Å². The van der Waals surface area contributed by atoms with Crippen molar-refractivity contribution in [3.8, 4) is 28.3 Å². The van der Waals surface area contributed by atoms with Crippen LogP contribution < -0.4 is 11.1 Å². The lowest BCUT2D eigenvalue weighted by molar-refractivity contribution is 0.557. The Morgan fingerprint density at radius 3 is 2.59 bits per heavy atom. The number of aryl methyl sites for hydroxylation is 1. The van der Waals surface area contributed by atoms with Gasteiger partial charge in [-0.1, -0.05) is 25.1 Å². The predicted octanol–water partition coefficient (Wildman–Crippen LogP) is 4.70. The third-order valence-corrected chi connectivity index (χ3v) is 5.92. The van der Waals surface area contributed by atoms with E-state index >= 15 is 0 Å². The van der Waals surface area contributed by atoms with Gasteiger partial charge in [0.05, 0.1) is 22.0 Å². The number of aromatic nitrogens is 4. The molecule has 8 nitrogen and oxygen atoms in total. The van der Waals surface area contributed by atoms with Crippen LogP contribution in [0, 0.1) is 0 Å². The summed E-state index contributed by atoms with van der Waals surface area (Å²) in [6.45, 7) is 1.94. The highest BCUT2D eigenvalue weighted by molar-refractivity contribution is 6.05. The summed E-state index contributed by atoms with van der Waals surface area (Å²) in [5.41, 5.74) is 2.91. The summed E-state index contributed by atoms with van der Waals surface area (Å²) in [5, 5.41) is 9.14. The number of nitrogens with one attached hydrogen (secondary N) is 1. The molecule has 34 heavy (non-hydrogen) atoms. The second kappa shape index (κ2) is 7.70. The van der Waals surface area contributed by atoms with Gasteiger partial charge in [0, 0.05) is 11.9 Å². The van der Waals surface area contributed by atoms with E-state index in [4.69, 9.17) is 8.83 Å². The molecule has 0 bridgehead atoms. The predicted molar refractivity (Wildman–Crippen MR) is 128 cm³/mol. The highest BCUT2D eigenvalue weighted by Crippen LogP contribution is 2.31. The number of fused-ring (bicyclic) bond motifs is 3. The summed E-state index contributed by atoms with van der Waals surface area (Å²) in [6.07, 6.45) is 5.25.